The highest BCUT2D eigenvalue weighted by atomic mass is 16.4. The van der Waals surface area contributed by atoms with Crippen molar-refractivity contribution in [1.82, 2.24) is 0 Å². The quantitative estimate of drug-likeness (QED) is 0.672. The maximum atomic E-state index is 12.1. The molecular weight excluding hydrogens is 290 g/mol. The molecule has 0 aromatic heterocycles. The van der Waals surface area contributed by atoms with Gasteiger partial charge in [0.1, 0.15) is 0 Å². The smallest absolute Gasteiger partial charge is 0.337 e. The molecule has 0 aliphatic rings. The summed E-state index contributed by atoms with van der Waals surface area (Å²) in [5.74, 6) is 1.05. The molecule has 0 unspecified atom stereocenters. The highest BCUT2D eigenvalue weighted by molar-refractivity contribution is 6.07. The molecular formula is C19H15NO3. The number of hydrogen-bond acceptors (Lipinski definition) is 2. The van der Waals surface area contributed by atoms with E-state index in [1.807, 2.05) is 12.1 Å². The van der Waals surface area contributed by atoms with E-state index in [4.69, 9.17) is 11.5 Å². The Kier molecular flexibility index (Phi) is 4.96. The Morgan fingerprint density at radius 1 is 1.13 bits per heavy atom. The van der Waals surface area contributed by atoms with Gasteiger partial charge < -0.3 is 10.4 Å². The van der Waals surface area contributed by atoms with Crippen molar-refractivity contribution in [2.45, 2.75) is 6.92 Å². The van der Waals surface area contributed by atoms with Gasteiger partial charge in [0, 0.05) is 11.6 Å². The van der Waals surface area contributed by atoms with E-state index in [1.54, 1.807) is 37.3 Å². The van der Waals surface area contributed by atoms with Crippen LogP contribution in [-0.2, 0) is 4.79 Å². The summed E-state index contributed by atoms with van der Waals surface area (Å²) in [6, 6.07) is 13.5. The third-order valence-electron chi connectivity index (χ3n) is 3.27. The van der Waals surface area contributed by atoms with E-state index in [2.05, 4.69) is 11.2 Å². The summed E-state index contributed by atoms with van der Waals surface area (Å²) in [6.45, 7) is 1.80. The van der Waals surface area contributed by atoms with Gasteiger partial charge in [-0.3, -0.25) is 4.79 Å². The highest BCUT2D eigenvalue weighted by Gasteiger charge is 2.10. The first-order valence-electron chi connectivity index (χ1n) is 6.90. The van der Waals surface area contributed by atoms with Gasteiger partial charge in [-0.25, -0.2) is 4.79 Å². The van der Waals surface area contributed by atoms with Crippen LogP contribution in [0.4, 0.5) is 5.69 Å². The van der Waals surface area contributed by atoms with Crippen LogP contribution in [0.25, 0.3) is 5.57 Å². The SMILES string of the molecule is C#Cc1ccc(/C(C)=C\C(=O)Nc2ccccc2C(=O)O)cc1. The Morgan fingerprint density at radius 2 is 1.78 bits per heavy atom. The molecule has 0 aliphatic heterocycles. The van der Waals surface area contributed by atoms with E-state index in [0.717, 1.165) is 16.7 Å². The van der Waals surface area contributed by atoms with Gasteiger partial charge in [-0.05, 0) is 42.3 Å². The Hall–Kier alpha value is -3.32. The van der Waals surface area contributed by atoms with Crippen molar-refractivity contribution in [2.75, 3.05) is 5.32 Å². The van der Waals surface area contributed by atoms with Crippen LogP contribution in [0.3, 0.4) is 0 Å². The van der Waals surface area contributed by atoms with Crippen LogP contribution in [0, 0.1) is 12.3 Å². The van der Waals surface area contributed by atoms with Gasteiger partial charge in [0.05, 0.1) is 11.3 Å². The maximum absolute atomic E-state index is 12.1. The lowest BCUT2D eigenvalue weighted by Crippen LogP contribution is -2.12. The second kappa shape index (κ2) is 7.10. The molecule has 0 saturated carbocycles. The number of carbonyl (C=O) groups is 2. The first-order valence-corrected chi connectivity index (χ1v) is 6.90. The standard InChI is InChI=1S/C19H15NO3/c1-3-14-8-10-15(11-9-14)13(2)12-18(21)20-17-7-5-4-6-16(17)19(22)23/h1,4-12H,2H3,(H,20,21)(H,22,23)/b13-12-. The number of aromatic carboxylic acids is 1. The molecule has 2 aromatic carbocycles. The normalized spacial score (nSPS) is 10.7. The van der Waals surface area contributed by atoms with Crippen LogP contribution in [0.5, 0.6) is 0 Å². The summed E-state index contributed by atoms with van der Waals surface area (Å²) in [5.41, 5.74) is 2.69. The fourth-order valence-electron chi connectivity index (χ4n) is 2.06. The van der Waals surface area contributed by atoms with Crippen LogP contribution in [0.2, 0.25) is 0 Å². The molecule has 0 radical (unpaired) electrons. The summed E-state index contributed by atoms with van der Waals surface area (Å²) in [7, 11) is 0. The van der Waals surface area contributed by atoms with Crippen LogP contribution in [0.1, 0.15) is 28.4 Å². The average molecular weight is 305 g/mol. The second-order valence-corrected chi connectivity index (χ2v) is 4.89. The number of carbonyl (C=O) groups excluding carboxylic acids is 1. The number of anilines is 1. The lowest BCUT2D eigenvalue weighted by atomic mass is 10.1. The van der Waals surface area contributed by atoms with Crippen molar-refractivity contribution in [3.05, 3.63) is 71.3 Å². The van der Waals surface area contributed by atoms with E-state index < -0.39 is 11.9 Å². The lowest BCUT2D eigenvalue weighted by molar-refractivity contribution is -0.111. The first-order chi connectivity index (χ1) is 11.0. The van der Waals surface area contributed by atoms with E-state index >= 15 is 0 Å². The monoisotopic (exact) mass is 305 g/mol. The van der Waals surface area contributed by atoms with E-state index in [-0.39, 0.29) is 11.3 Å². The number of carboxylic acids is 1. The first kappa shape index (κ1) is 16.1. The summed E-state index contributed by atoms with van der Waals surface area (Å²) in [4.78, 5) is 23.2. The molecule has 114 valence electrons. The molecule has 0 spiro atoms. The molecule has 23 heavy (non-hydrogen) atoms. The van der Waals surface area contributed by atoms with Crippen molar-refractivity contribution in [2.24, 2.45) is 0 Å². The highest BCUT2D eigenvalue weighted by Crippen LogP contribution is 2.17. The number of rotatable bonds is 4. The van der Waals surface area contributed by atoms with Gasteiger partial charge in [0.15, 0.2) is 0 Å². The van der Waals surface area contributed by atoms with Gasteiger partial charge in [0.2, 0.25) is 5.91 Å². The second-order valence-electron chi connectivity index (χ2n) is 4.89. The van der Waals surface area contributed by atoms with Crippen molar-refractivity contribution in [3.63, 3.8) is 0 Å². The number of terminal acetylenes is 1. The third kappa shape index (κ3) is 4.08. The Bertz CT molecular complexity index is 811. The molecule has 2 N–H and O–H groups in total. The number of allylic oxidation sites excluding steroid dienone is 1. The van der Waals surface area contributed by atoms with E-state index in [1.165, 1.54) is 12.1 Å². The molecule has 0 saturated heterocycles. The van der Waals surface area contributed by atoms with Crippen molar-refractivity contribution in [3.8, 4) is 12.3 Å². The number of para-hydroxylation sites is 1. The fraction of sp³-hybridized carbons (Fsp3) is 0.0526. The molecule has 2 rings (SSSR count). The van der Waals surface area contributed by atoms with Gasteiger partial charge in [0.25, 0.3) is 0 Å². The van der Waals surface area contributed by atoms with Crippen LogP contribution >= 0.6 is 0 Å². The van der Waals surface area contributed by atoms with Gasteiger partial charge in [-0.2, -0.15) is 0 Å². The zero-order valence-electron chi connectivity index (χ0n) is 12.5. The van der Waals surface area contributed by atoms with Gasteiger partial charge in [-0.1, -0.05) is 30.2 Å². The summed E-state index contributed by atoms with van der Waals surface area (Å²) < 4.78 is 0. The predicted molar refractivity (Wildman–Crippen MR) is 90.1 cm³/mol. The summed E-state index contributed by atoms with van der Waals surface area (Å²) in [5, 5.41) is 11.7. The largest absolute Gasteiger partial charge is 0.478 e. The number of nitrogens with one attached hydrogen (secondary N) is 1. The number of carboxylic acid groups (broad SMARTS) is 1. The molecule has 1 amide bonds. The predicted octanol–water partition coefficient (Wildman–Crippen LogP) is 3.41. The Morgan fingerprint density at radius 3 is 2.39 bits per heavy atom. The maximum Gasteiger partial charge on any atom is 0.337 e. The molecule has 0 heterocycles. The van der Waals surface area contributed by atoms with E-state index in [9.17, 15) is 9.59 Å². The number of hydrogen-bond donors (Lipinski definition) is 2. The van der Waals surface area contributed by atoms with Crippen LogP contribution < -0.4 is 5.32 Å². The fourth-order valence-corrected chi connectivity index (χ4v) is 2.06. The van der Waals surface area contributed by atoms with Crippen LogP contribution in [-0.4, -0.2) is 17.0 Å². The zero-order valence-corrected chi connectivity index (χ0v) is 12.5. The molecule has 0 aliphatic carbocycles. The minimum Gasteiger partial charge on any atom is -0.478 e. The molecule has 4 heteroatoms. The molecule has 0 bridgehead atoms. The lowest BCUT2D eigenvalue weighted by Gasteiger charge is -2.07. The molecule has 2 aromatic rings. The molecule has 0 fully saturated rings. The minimum absolute atomic E-state index is 0.0466. The Labute approximate surface area is 134 Å². The van der Waals surface area contributed by atoms with Gasteiger partial charge in [-0.15, -0.1) is 6.42 Å². The zero-order chi connectivity index (χ0) is 16.8. The van der Waals surface area contributed by atoms with Crippen molar-refractivity contribution < 1.29 is 14.7 Å². The summed E-state index contributed by atoms with van der Waals surface area (Å²) >= 11 is 0. The van der Waals surface area contributed by atoms with Gasteiger partial charge >= 0.3 is 5.97 Å². The van der Waals surface area contributed by atoms with Crippen molar-refractivity contribution >= 4 is 23.1 Å². The number of benzene rings is 2. The topological polar surface area (TPSA) is 66.4 Å². The van der Waals surface area contributed by atoms with Crippen molar-refractivity contribution in [1.29, 1.82) is 0 Å². The number of amides is 1. The van der Waals surface area contributed by atoms with E-state index in [0.29, 0.717) is 0 Å². The minimum atomic E-state index is -1.09. The molecule has 4 nitrogen and oxygen atoms in total. The Balaban J connectivity index is 2.18. The average Bonchev–Trinajstić information content (AvgIpc) is 2.55. The van der Waals surface area contributed by atoms with Crippen LogP contribution in [0.15, 0.2) is 54.6 Å². The molecule has 0 atom stereocenters. The third-order valence-corrected chi connectivity index (χ3v) is 3.27. The summed E-state index contributed by atoms with van der Waals surface area (Å²) in [6.07, 6.45) is 6.72.